The number of rotatable bonds is 4. The summed E-state index contributed by atoms with van der Waals surface area (Å²) in [7, 11) is 1.57. The number of hydrogen-bond acceptors (Lipinski definition) is 5. The molecule has 5 nitrogen and oxygen atoms in total. The normalized spacial score (nSPS) is 37.8. The SMILES string of the molecule is COc1ccc(CN2CC3(C=O)CC3C3OC32)c(O)c1. The second kappa shape index (κ2) is 3.96. The summed E-state index contributed by atoms with van der Waals surface area (Å²) in [6, 6.07) is 5.30. The molecule has 0 bridgehead atoms. The Labute approximate surface area is 117 Å². The maximum atomic E-state index is 11.3. The maximum absolute atomic E-state index is 11.3. The standard InChI is InChI=1S/C15H17NO4/c1-19-10-3-2-9(12(18)4-10)6-16-7-15(8-17)5-11(15)13-14(16)20-13/h2-4,8,11,13-14,18H,5-7H2,1H3. The fourth-order valence-electron chi connectivity index (χ4n) is 3.49. The molecule has 1 saturated carbocycles. The average molecular weight is 275 g/mol. The number of nitrogens with zero attached hydrogens (tertiary/aromatic N) is 1. The van der Waals surface area contributed by atoms with E-state index in [0.717, 1.165) is 24.8 Å². The number of likely N-dealkylation sites (tertiary alicyclic amines) is 1. The van der Waals surface area contributed by atoms with Crippen molar-refractivity contribution in [3.05, 3.63) is 23.8 Å². The van der Waals surface area contributed by atoms with Gasteiger partial charge in [0.15, 0.2) is 0 Å². The molecule has 0 radical (unpaired) electrons. The van der Waals surface area contributed by atoms with Crippen molar-refractivity contribution < 1.29 is 19.4 Å². The third-order valence-corrected chi connectivity index (χ3v) is 4.83. The first-order valence-electron chi connectivity index (χ1n) is 6.88. The van der Waals surface area contributed by atoms with E-state index in [2.05, 4.69) is 4.90 Å². The van der Waals surface area contributed by atoms with Crippen LogP contribution in [0, 0.1) is 11.3 Å². The van der Waals surface area contributed by atoms with Gasteiger partial charge in [0.05, 0.1) is 7.11 Å². The molecular formula is C15H17NO4. The zero-order valence-electron chi connectivity index (χ0n) is 11.3. The summed E-state index contributed by atoms with van der Waals surface area (Å²) >= 11 is 0. The van der Waals surface area contributed by atoms with Crippen LogP contribution in [0.3, 0.4) is 0 Å². The number of aldehydes is 1. The van der Waals surface area contributed by atoms with Gasteiger partial charge in [-0.1, -0.05) is 6.07 Å². The Kier molecular flexibility index (Phi) is 2.41. The van der Waals surface area contributed by atoms with Crippen molar-refractivity contribution in [2.75, 3.05) is 13.7 Å². The number of benzene rings is 1. The van der Waals surface area contributed by atoms with Crippen molar-refractivity contribution in [2.24, 2.45) is 11.3 Å². The fourth-order valence-corrected chi connectivity index (χ4v) is 3.49. The van der Waals surface area contributed by atoms with Crippen LogP contribution in [-0.4, -0.2) is 42.3 Å². The van der Waals surface area contributed by atoms with Gasteiger partial charge in [0, 0.05) is 36.1 Å². The smallest absolute Gasteiger partial charge is 0.138 e. The Morgan fingerprint density at radius 3 is 3.15 bits per heavy atom. The molecule has 2 heterocycles. The third kappa shape index (κ3) is 1.66. The first-order valence-corrected chi connectivity index (χ1v) is 6.88. The number of piperidine rings is 1. The lowest BCUT2D eigenvalue weighted by Gasteiger charge is -2.27. The average Bonchev–Trinajstić information content (AvgIpc) is 3.33. The van der Waals surface area contributed by atoms with E-state index in [4.69, 9.17) is 9.47 Å². The molecule has 0 amide bonds. The predicted octanol–water partition coefficient (Wildman–Crippen LogP) is 1.15. The molecular weight excluding hydrogens is 258 g/mol. The maximum Gasteiger partial charge on any atom is 0.138 e. The second-order valence-corrected chi connectivity index (χ2v) is 6.05. The molecule has 3 fully saturated rings. The summed E-state index contributed by atoms with van der Waals surface area (Å²) in [6.45, 7) is 1.33. The molecule has 3 aliphatic rings. The first-order chi connectivity index (χ1) is 9.66. The summed E-state index contributed by atoms with van der Waals surface area (Å²) in [5.41, 5.74) is 0.639. The summed E-state index contributed by atoms with van der Waals surface area (Å²) in [5.74, 6) is 1.28. The van der Waals surface area contributed by atoms with Crippen LogP contribution in [0.5, 0.6) is 11.5 Å². The van der Waals surface area contributed by atoms with Crippen LogP contribution in [0.4, 0.5) is 0 Å². The Hall–Kier alpha value is -1.59. The summed E-state index contributed by atoms with van der Waals surface area (Å²) < 4.78 is 10.8. The highest BCUT2D eigenvalue weighted by Gasteiger charge is 2.70. The Morgan fingerprint density at radius 2 is 2.45 bits per heavy atom. The number of ether oxygens (including phenoxy) is 2. The van der Waals surface area contributed by atoms with Gasteiger partial charge < -0.3 is 19.4 Å². The number of methoxy groups -OCH3 is 1. The summed E-state index contributed by atoms with van der Waals surface area (Å²) in [4.78, 5) is 13.4. The summed E-state index contributed by atoms with van der Waals surface area (Å²) in [6.07, 6.45) is 2.38. The van der Waals surface area contributed by atoms with Gasteiger partial charge in [0.25, 0.3) is 0 Å². The van der Waals surface area contributed by atoms with E-state index in [9.17, 15) is 9.90 Å². The zero-order valence-corrected chi connectivity index (χ0v) is 11.3. The number of phenols is 1. The van der Waals surface area contributed by atoms with Crippen LogP contribution < -0.4 is 4.74 Å². The molecule has 2 aliphatic heterocycles. The summed E-state index contributed by atoms with van der Waals surface area (Å²) in [5, 5.41) is 10.0. The third-order valence-electron chi connectivity index (χ3n) is 4.83. The van der Waals surface area contributed by atoms with E-state index >= 15 is 0 Å². The topological polar surface area (TPSA) is 62.3 Å². The van der Waals surface area contributed by atoms with Crippen LogP contribution in [0.25, 0.3) is 0 Å². The largest absolute Gasteiger partial charge is 0.507 e. The molecule has 1 aromatic rings. The zero-order chi connectivity index (χ0) is 13.9. The molecule has 4 atom stereocenters. The molecule has 1 aliphatic carbocycles. The number of aromatic hydroxyl groups is 1. The van der Waals surface area contributed by atoms with Crippen molar-refractivity contribution in [1.29, 1.82) is 0 Å². The van der Waals surface area contributed by atoms with Crippen molar-refractivity contribution >= 4 is 6.29 Å². The molecule has 5 heteroatoms. The van der Waals surface area contributed by atoms with Gasteiger partial charge in [-0.3, -0.25) is 4.90 Å². The minimum Gasteiger partial charge on any atom is -0.507 e. The minimum absolute atomic E-state index is 0.122. The van der Waals surface area contributed by atoms with Crippen molar-refractivity contribution in [1.82, 2.24) is 4.90 Å². The van der Waals surface area contributed by atoms with Gasteiger partial charge in [-0.2, -0.15) is 0 Å². The molecule has 0 aromatic heterocycles. The fraction of sp³-hybridized carbons (Fsp3) is 0.533. The predicted molar refractivity (Wildman–Crippen MR) is 70.3 cm³/mol. The number of carbonyl (C=O) groups is 1. The van der Waals surface area contributed by atoms with Gasteiger partial charge in [-0.15, -0.1) is 0 Å². The van der Waals surface area contributed by atoms with Crippen LogP contribution in [0.15, 0.2) is 18.2 Å². The van der Waals surface area contributed by atoms with E-state index < -0.39 is 0 Å². The molecule has 4 unspecified atom stereocenters. The molecule has 20 heavy (non-hydrogen) atoms. The van der Waals surface area contributed by atoms with E-state index in [1.165, 1.54) is 0 Å². The van der Waals surface area contributed by atoms with Gasteiger partial charge >= 0.3 is 0 Å². The Balaban J connectivity index is 1.53. The van der Waals surface area contributed by atoms with Crippen LogP contribution in [0.1, 0.15) is 12.0 Å². The molecule has 4 rings (SSSR count). The highest BCUT2D eigenvalue weighted by molar-refractivity contribution is 5.66. The van der Waals surface area contributed by atoms with E-state index in [-0.39, 0.29) is 23.5 Å². The molecule has 0 spiro atoms. The monoisotopic (exact) mass is 275 g/mol. The lowest BCUT2D eigenvalue weighted by molar-refractivity contribution is -0.114. The van der Waals surface area contributed by atoms with Crippen molar-refractivity contribution in [3.8, 4) is 11.5 Å². The van der Waals surface area contributed by atoms with Crippen molar-refractivity contribution in [2.45, 2.75) is 25.3 Å². The second-order valence-electron chi connectivity index (χ2n) is 6.05. The molecule has 2 saturated heterocycles. The van der Waals surface area contributed by atoms with Crippen LogP contribution in [-0.2, 0) is 16.1 Å². The Bertz CT molecular complexity index is 575. The number of epoxide rings is 1. The molecule has 1 aromatic carbocycles. The highest BCUT2D eigenvalue weighted by atomic mass is 16.6. The Morgan fingerprint density at radius 1 is 1.60 bits per heavy atom. The van der Waals surface area contributed by atoms with Gasteiger partial charge in [0.1, 0.15) is 30.1 Å². The molecule has 1 N–H and O–H groups in total. The van der Waals surface area contributed by atoms with E-state index in [1.54, 1.807) is 13.2 Å². The van der Waals surface area contributed by atoms with Gasteiger partial charge in [0.2, 0.25) is 0 Å². The van der Waals surface area contributed by atoms with E-state index in [0.29, 0.717) is 18.2 Å². The van der Waals surface area contributed by atoms with Gasteiger partial charge in [-0.25, -0.2) is 0 Å². The van der Waals surface area contributed by atoms with E-state index in [1.807, 2.05) is 12.1 Å². The first kappa shape index (κ1) is 12.2. The number of hydrogen-bond donors (Lipinski definition) is 1. The van der Waals surface area contributed by atoms with Crippen LogP contribution >= 0.6 is 0 Å². The minimum atomic E-state index is -0.195. The number of fused-ring (bicyclic) bond motifs is 3. The highest BCUT2D eigenvalue weighted by Crippen LogP contribution is 2.63. The quantitative estimate of drug-likeness (QED) is 0.659. The molecule has 106 valence electrons. The lowest BCUT2D eigenvalue weighted by atomic mass is 9.98. The van der Waals surface area contributed by atoms with Gasteiger partial charge in [-0.05, 0) is 12.5 Å². The van der Waals surface area contributed by atoms with Crippen LogP contribution in [0.2, 0.25) is 0 Å². The number of phenolic OH excluding ortho intramolecular Hbond substituents is 1. The lowest BCUT2D eigenvalue weighted by Crippen LogP contribution is -2.39. The van der Waals surface area contributed by atoms with Crippen molar-refractivity contribution in [3.63, 3.8) is 0 Å². The number of carbonyl (C=O) groups excluding carboxylic acids is 1.